The fourth-order valence-corrected chi connectivity index (χ4v) is 2.04. The molecular formula is C12H12N4O2. The zero-order chi connectivity index (χ0) is 12.7. The van der Waals surface area contributed by atoms with E-state index >= 15 is 0 Å². The maximum Gasteiger partial charge on any atom is 0.254 e. The van der Waals surface area contributed by atoms with Crippen LogP contribution in [-0.2, 0) is 13.1 Å². The monoisotopic (exact) mass is 244 g/mol. The fraction of sp³-hybridized carbons (Fsp3) is 0.250. The Hall–Kier alpha value is -2.21. The summed E-state index contributed by atoms with van der Waals surface area (Å²) in [6.07, 6.45) is 0. The lowest BCUT2D eigenvalue weighted by atomic mass is 10.1. The molecular weight excluding hydrogens is 232 g/mol. The topological polar surface area (TPSA) is 85.2 Å². The average molecular weight is 244 g/mol. The van der Waals surface area contributed by atoms with Crippen molar-refractivity contribution in [3.63, 3.8) is 0 Å². The van der Waals surface area contributed by atoms with Gasteiger partial charge < -0.3 is 15.2 Å². The Morgan fingerprint density at radius 2 is 2.33 bits per heavy atom. The van der Waals surface area contributed by atoms with Gasteiger partial charge in [-0.25, -0.2) is 0 Å². The van der Waals surface area contributed by atoms with E-state index in [4.69, 9.17) is 10.3 Å². The molecule has 2 aromatic rings. The second-order valence-corrected chi connectivity index (χ2v) is 4.25. The van der Waals surface area contributed by atoms with E-state index in [2.05, 4.69) is 10.1 Å². The van der Waals surface area contributed by atoms with E-state index in [1.807, 2.05) is 12.1 Å². The lowest BCUT2D eigenvalue weighted by Gasteiger charge is -2.04. The van der Waals surface area contributed by atoms with Gasteiger partial charge in [0.25, 0.3) is 5.91 Å². The zero-order valence-corrected chi connectivity index (χ0v) is 9.88. The molecule has 1 aromatic carbocycles. The number of carbonyl (C=O) groups is 1. The van der Waals surface area contributed by atoms with E-state index in [-0.39, 0.29) is 12.5 Å². The highest BCUT2D eigenvalue weighted by atomic mass is 16.5. The van der Waals surface area contributed by atoms with Crippen molar-refractivity contribution in [3.8, 4) is 11.4 Å². The van der Waals surface area contributed by atoms with Crippen LogP contribution in [0.2, 0.25) is 0 Å². The van der Waals surface area contributed by atoms with E-state index in [0.717, 1.165) is 11.1 Å². The third-order valence-electron chi connectivity index (χ3n) is 3.00. The summed E-state index contributed by atoms with van der Waals surface area (Å²) in [7, 11) is 1.78. The molecule has 6 heteroatoms. The van der Waals surface area contributed by atoms with Crippen LogP contribution in [-0.4, -0.2) is 28.0 Å². The Balaban J connectivity index is 2.03. The third kappa shape index (κ3) is 1.58. The van der Waals surface area contributed by atoms with Crippen molar-refractivity contribution in [3.05, 3.63) is 35.2 Å². The minimum Gasteiger partial charge on any atom is -0.338 e. The van der Waals surface area contributed by atoms with Gasteiger partial charge in [0.15, 0.2) is 0 Å². The maximum atomic E-state index is 11.9. The second kappa shape index (κ2) is 3.92. The quantitative estimate of drug-likeness (QED) is 0.843. The number of benzene rings is 1. The molecule has 0 saturated carbocycles. The highest BCUT2D eigenvalue weighted by Gasteiger charge is 2.25. The first kappa shape index (κ1) is 10.9. The number of carbonyl (C=O) groups excluding carboxylic acids is 1. The molecule has 0 bridgehead atoms. The highest BCUT2D eigenvalue weighted by molar-refractivity contribution is 5.99. The van der Waals surface area contributed by atoms with E-state index in [0.29, 0.717) is 23.8 Å². The molecule has 1 amide bonds. The summed E-state index contributed by atoms with van der Waals surface area (Å²) < 4.78 is 4.95. The average Bonchev–Trinajstić information content (AvgIpc) is 2.96. The first-order valence-corrected chi connectivity index (χ1v) is 5.60. The van der Waals surface area contributed by atoms with Crippen LogP contribution in [0, 0.1) is 0 Å². The molecule has 3 rings (SSSR count). The van der Waals surface area contributed by atoms with Gasteiger partial charge in [0.1, 0.15) is 0 Å². The van der Waals surface area contributed by atoms with E-state index in [1.165, 1.54) is 0 Å². The van der Waals surface area contributed by atoms with Gasteiger partial charge in [0, 0.05) is 24.7 Å². The Labute approximate surface area is 103 Å². The van der Waals surface area contributed by atoms with Crippen LogP contribution in [0.4, 0.5) is 0 Å². The summed E-state index contributed by atoms with van der Waals surface area (Å²) in [5.41, 5.74) is 7.90. The molecule has 0 radical (unpaired) electrons. The largest absolute Gasteiger partial charge is 0.338 e. The minimum atomic E-state index is 0.0226. The van der Waals surface area contributed by atoms with Crippen molar-refractivity contribution in [2.24, 2.45) is 5.73 Å². The standard InChI is InChI=1S/C12H12N4O2/c1-16-6-8-3-2-7(4-9(8)12(16)17)11-14-10(5-13)18-15-11/h2-4H,5-6,13H2,1H3. The van der Waals surface area contributed by atoms with Crippen LogP contribution in [0.5, 0.6) is 0 Å². The van der Waals surface area contributed by atoms with Gasteiger partial charge in [-0.3, -0.25) is 4.79 Å². The van der Waals surface area contributed by atoms with Crippen LogP contribution in [0.1, 0.15) is 21.8 Å². The predicted molar refractivity (Wildman–Crippen MR) is 63.4 cm³/mol. The number of rotatable bonds is 2. The Kier molecular flexibility index (Phi) is 2.38. The molecule has 18 heavy (non-hydrogen) atoms. The molecule has 2 N–H and O–H groups in total. The zero-order valence-electron chi connectivity index (χ0n) is 9.88. The number of amides is 1. The fourth-order valence-electron chi connectivity index (χ4n) is 2.04. The van der Waals surface area contributed by atoms with Crippen LogP contribution >= 0.6 is 0 Å². The summed E-state index contributed by atoms with van der Waals surface area (Å²) in [6.45, 7) is 0.856. The predicted octanol–water partition coefficient (Wildman–Crippen LogP) is 0.781. The number of fused-ring (bicyclic) bond motifs is 1. The summed E-state index contributed by atoms with van der Waals surface area (Å²) in [5, 5.41) is 3.84. The first-order chi connectivity index (χ1) is 8.69. The van der Waals surface area contributed by atoms with Crippen LogP contribution in [0.3, 0.4) is 0 Å². The van der Waals surface area contributed by atoms with E-state index in [1.54, 1.807) is 18.0 Å². The van der Waals surface area contributed by atoms with Gasteiger partial charge >= 0.3 is 0 Å². The van der Waals surface area contributed by atoms with E-state index < -0.39 is 0 Å². The molecule has 1 aliphatic heterocycles. The second-order valence-electron chi connectivity index (χ2n) is 4.25. The number of nitrogens with zero attached hydrogens (tertiary/aromatic N) is 3. The molecule has 0 fully saturated rings. The molecule has 0 saturated heterocycles. The van der Waals surface area contributed by atoms with Gasteiger partial charge in [-0.1, -0.05) is 17.3 Å². The Morgan fingerprint density at radius 3 is 3.06 bits per heavy atom. The van der Waals surface area contributed by atoms with Crippen LogP contribution in [0.15, 0.2) is 22.7 Å². The van der Waals surface area contributed by atoms with Crippen molar-refractivity contribution in [1.82, 2.24) is 15.0 Å². The van der Waals surface area contributed by atoms with Gasteiger partial charge in [0.05, 0.1) is 6.54 Å². The Bertz CT molecular complexity index is 620. The van der Waals surface area contributed by atoms with E-state index in [9.17, 15) is 4.79 Å². The van der Waals surface area contributed by atoms with Gasteiger partial charge in [-0.15, -0.1) is 0 Å². The molecule has 0 unspecified atom stereocenters. The molecule has 92 valence electrons. The van der Waals surface area contributed by atoms with Crippen LogP contribution < -0.4 is 5.73 Å². The SMILES string of the molecule is CN1Cc2ccc(-c3noc(CN)n3)cc2C1=O. The normalized spacial score (nSPS) is 14.1. The Morgan fingerprint density at radius 1 is 1.50 bits per heavy atom. The summed E-state index contributed by atoms with van der Waals surface area (Å²) in [4.78, 5) is 17.7. The number of nitrogens with two attached hydrogens (primary N) is 1. The van der Waals surface area contributed by atoms with Crippen molar-refractivity contribution in [2.75, 3.05) is 7.05 Å². The smallest absolute Gasteiger partial charge is 0.254 e. The maximum absolute atomic E-state index is 11.9. The summed E-state index contributed by atoms with van der Waals surface area (Å²) >= 11 is 0. The highest BCUT2D eigenvalue weighted by Crippen LogP contribution is 2.26. The lowest BCUT2D eigenvalue weighted by Crippen LogP contribution is -2.17. The third-order valence-corrected chi connectivity index (χ3v) is 3.00. The molecule has 2 heterocycles. The number of hydrogen-bond acceptors (Lipinski definition) is 5. The minimum absolute atomic E-state index is 0.0226. The van der Waals surface area contributed by atoms with Gasteiger partial charge in [-0.05, 0) is 11.6 Å². The summed E-state index contributed by atoms with van der Waals surface area (Å²) in [5.74, 6) is 0.865. The molecule has 1 aromatic heterocycles. The van der Waals surface area contributed by atoms with Crippen molar-refractivity contribution >= 4 is 5.91 Å². The lowest BCUT2D eigenvalue weighted by molar-refractivity contribution is 0.0816. The molecule has 0 atom stereocenters. The van der Waals surface area contributed by atoms with Gasteiger partial charge in [0.2, 0.25) is 11.7 Å². The van der Waals surface area contributed by atoms with Crippen molar-refractivity contribution in [2.45, 2.75) is 13.1 Å². The molecule has 1 aliphatic rings. The summed E-state index contributed by atoms with van der Waals surface area (Å²) in [6, 6.07) is 5.60. The molecule has 0 aliphatic carbocycles. The number of hydrogen-bond donors (Lipinski definition) is 1. The number of aromatic nitrogens is 2. The van der Waals surface area contributed by atoms with Crippen LogP contribution in [0.25, 0.3) is 11.4 Å². The van der Waals surface area contributed by atoms with Crippen molar-refractivity contribution < 1.29 is 9.32 Å². The van der Waals surface area contributed by atoms with Crippen molar-refractivity contribution in [1.29, 1.82) is 0 Å². The van der Waals surface area contributed by atoms with Gasteiger partial charge in [-0.2, -0.15) is 4.98 Å². The first-order valence-electron chi connectivity index (χ1n) is 5.60. The molecule has 6 nitrogen and oxygen atoms in total. The molecule has 0 spiro atoms.